The van der Waals surface area contributed by atoms with Crippen molar-refractivity contribution in [1.82, 2.24) is 0 Å². The highest BCUT2D eigenvalue weighted by Crippen LogP contribution is 1.16. The predicted molar refractivity (Wildman–Crippen MR) is 30.9 cm³/mol. The van der Waals surface area contributed by atoms with Crippen molar-refractivity contribution in [3.05, 3.63) is 0 Å². The zero-order valence-electron chi connectivity index (χ0n) is 5.42. The van der Waals surface area contributed by atoms with Gasteiger partial charge in [-0.2, -0.15) is 0 Å². The van der Waals surface area contributed by atoms with Crippen molar-refractivity contribution in [2.24, 2.45) is 0 Å². The molecule has 0 rings (SSSR count). The fraction of sp³-hybridized carbons (Fsp3) is 1.00. The van der Waals surface area contributed by atoms with Crippen LogP contribution in [0.1, 0.15) is 13.8 Å². The van der Waals surface area contributed by atoms with Crippen molar-refractivity contribution >= 4 is 0 Å². The smallest absolute Gasteiger partial charge is 0.0785 e. The molecule has 0 amide bonds. The van der Waals surface area contributed by atoms with Crippen LogP contribution in [0.2, 0.25) is 0 Å². The summed E-state index contributed by atoms with van der Waals surface area (Å²) in [5.41, 5.74) is 0. The Kier molecular flexibility index (Phi) is 40800. The van der Waals surface area contributed by atoms with E-state index in [0.29, 0.717) is 7.18 Å². The molecule has 0 spiro atoms. The van der Waals surface area contributed by atoms with Gasteiger partial charge in [-0.05, 0) is 0 Å². The minimum Gasteiger partial charge on any atom is -0.269 e. The van der Waals surface area contributed by atoms with Gasteiger partial charge in [-0.3, -0.25) is 27.9 Å². The molecule has 9 heavy (non-hydrogen) atoms. The largest absolute Gasteiger partial charge is 0.269 e. The van der Waals surface area contributed by atoms with E-state index < -0.39 is 0 Å². The molecule has 0 aliphatic rings. The van der Waals surface area contributed by atoms with E-state index in [1.807, 2.05) is 13.8 Å². The number of rotatable bonds is 0. The monoisotopic (exact) mass is 164 g/mol. The summed E-state index contributed by atoms with van der Waals surface area (Å²) in [5, 5.41) is 0. The molecule has 0 nitrogen and oxygen atoms in total. The molecule has 6 heteroatoms. The average molecular weight is 164 g/mol. The summed E-state index contributed by atoms with van der Waals surface area (Å²) in [6, 6.07) is 0. The van der Waals surface area contributed by atoms with Gasteiger partial charge in [0.25, 0.3) is 0 Å². The molecule has 0 bridgehead atoms. The first-order valence-electron chi connectivity index (χ1n) is 1.38. The Hall–Kier alpha value is -0.420. The van der Waals surface area contributed by atoms with Crippen LogP contribution in [-0.2, 0) is 0 Å². The van der Waals surface area contributed by atoms with Gasteiger partial charge in [0.05, 0.1) is 7.18 Å². The molecule has 0 aliphatic heterocycles. The Morgan fingerprint density at radius 2 is 0.556 bits per heavy atom. The minimum absolute atomic E-state index is 0. The molecular weight excluding hydrogens is 150 g/mol. The Morgan fingerprint density at radius 3 is 0.556 bits per heavy atom. The molecule has 0 aliphatic carbocycles. The van der Waals surface area contributed by atoms with Gasteiger partial charge < -0.3 is 0 Å². The summed E-state index contributed by atoms with van der Waals surface area (Å²) in [4.78, 5) is 0. The van der Waals surface area contributed by atoms with Gasteiger partial charge in [-0.15, -0.1) is 0 Å². The van der Waals surface area contributed by atoms with Crippen molar-refractivity contribution in [3.63, 3.8) is 0 Å². The van der Waals surface area contributed by atoms with Crippen LogP contribution >= 0.6 is 0 Å². The molecule has 0 unspecified atom stereocenters. The van der Waals surface area contributed by atoms with Crippen molar-refractivity contribution in [2.75, 3.05) is 7.18 Å². The molecule has 0 aromatic carbocycles. The summed E-state index contributed by atoms with van der Waals surface area (Å²) in [7, 11) is 0.500. The molecule has 0 N–H and O–H groups in total. The van der Waals surface area contributed by atoms with Crippen molar-refractivity contribution in [2.45, 2.75) is 13.8 Å². The standard InChI is InChI=1S/C2H6.CH3F.5FH/c2*1-2;;;;;/h1-2H3;1H3;5*1H. The normalized spacial score (nSPS) is 1.33. The summed E-state index contributed by atoms with van der Waals surface area (Å²) < 4.78 is 9.50. The van der Waals surface area contributed by atoms with Crippen LogP contribution in [0.15, 0.2) is 0 Å². The second-order valence-electron chi connectivity index (χ2n) is 0. The lowest BCUT2D eigenvalue weighted by molar-refractivity contribution is 0.636. The predicted octanol–water partition coefficient (Wildman–Crippen LogP) is 2.37. The number of hydrogen-bond donors (Lipinski definition) is 0. The molecule has 0 aromatic rings. The Morgan fingerprint density at radius 1 is 0.556 bits per heavy atom. The van der Waals surface area contributed by atoms with E-state index in [2.05, 4.69) is 0 Å². The van der Waals surface area contributed by atoms with E-state index in [9.17, 15) is 4.39 Å². The van der Waals surface area contributed by atoms with E-state index in [1.54, 1.807) is 0 Å². The van der Waals surface area contributed by atoms with E-state index in [4.69, 9.17) is 0 Å². The van der Waals surface area contributed by atoms with Crippen LogP contribution < -0.4 is 0 Å². The lowest BCUT2D eigenvalue weighted by atomic mass is 11.0. The summed E-state index contributed by atoms with van der Waals surface area (Å²) in [6.45, 7) is 4.00. The Bertz CT molecular complexity index is 8.26. The van der Waals surface area contributed by atoms with Crippen molar-refractivity contribution in [1.29, 1.82) is 0 Å². The van der Waals surface area contributed by atoms with E-state index in [0.717, 1.165) is 0 Å². The highest BCUT2D eigenvalue weighted by Gasteiger charge is 0.932. The molecule has 0 heterocycles. The Labute approximate surface area is 50.3 Å². The van der Waals surface area contributed by atoms with E-state index >= 15 is 0 Å². The quantitative estimate of drug-likeness (QED) is 0.482. The van der Waals surface area contributed by atoms with Gasteiger partial charge in [0, 0.05) is 0 Å². The highest BCUT2D eigenvalue weighted by molar-refractivity contribution is 3.50. The Balaban J connectivity index is -0.00000000114. The first kappa shape index (κ1) is 197. The number of hydrogen-bond acceptors (Lipinski definition) is 0. The summed E-state index contributed by atoms with van der Waals surface area (Å²) >= 11 is 0. The van der Waals surface area contributed by atoms with Crippen molar-refractivity contribution in [3.8, 4) is 0 Å². The topological polar surface area (TPSA) is 0 Å². The van der Waals surface area contributed by atoms with Crippen LogP contribution in [0, 0.1) is 0 Å². The average Bonchev–Trinajstić information content (AvgIpc) is 1.50. The minimum atomic E-state index is 0. The summed E-state index contributed by atoms with van der Waals surface area (Å²) in [5.74, 6) is 0. The molecule has 0 atom stereocenters. The molecule has 68 valence electrons. The van der Waals surface area contributed by atoms with Crippen LogP contribution in [-0.4, -0.2) is 7.18 Å². The fourth-order valence-corrected chi connectivity index (χ4v) is 0. The molecular formula is C3H14F6. The second kappa shape index (κ2) is 1860. The first-order chi connectivity index (χ1) is 2.00. The van der Waals surface area contributed by atoms with Crippen LogP contribution in [0.4, 0.5) is 27.9 Å². The zero-order chi connectivity index (χ0) is 4.00. The maximum Gasteiger partial charge on any atom is 0.0785 e. The number of halogens is 6. The SMILES string of the molecule is CC.CF.F.F.F.F.F. The third-order valence-corrected chi connectivity index (χ3v) is 0. The number of alkyl halides is 1. The molecule has 0 saturated carbocycles. The molecule has 0 aromatic heterocycles. The lowest BCUT2D eigenvalue weighted by Crippen LogP contribution is -0.939. The first-order valence-corrected chi connectivity index (χ1v) is 1.38. The van der Waals surface area contributed by atoms with E-state index in [1.165, 1.54) is 0 Å². The highest BCUT2D eigenvalue weighted by atomic mass is 19.1. The van der Waals surface area contributed by atoms with Crippen LogP contribution in [0.25, 0.3) is 0 Å². The summed E-state index contributed by atoms with van der Waals surface area (Å²) in [6.07, 6.45) is 0. The van der Waals surface area contributed by atoms with Gasteiger partial charge in [-0.25, -0.2) is 0 Å². The third kappa shape index (κ3) is 1340. The third-order valence-electron chi connectivity index (χ3n) is 0. The van der Waals surface area contributed by atoms with Gasteiger partial charge in [0.15, 0.2) is 0 Å². The van der Waals surface area contributed by atoms with Crippen molar-refractivity contribution < 1.29 is 27.9 Å². The van der Waals surface area contributed by atoms with Gasteiger partial charge >= 0.3 is 0 Å². The maximum absolute atomic E-state index is 9.50. The van der Waals surface area contributed by atoms with Crippen LogP contribution in [0.5, 0.6) is 0 Å². The zero-order valence-corrected chi connectivity index (χ0v) is 5.42. The van der Waals surface area contributed by atoms with Crippen LogP contribution in [0.3, 0.4) is 0 Å². The fourth-order valence-electron chi connectivity index (χ4n) is 0. The maximum atomic E-state index is 9.50. The second-order valence-corrected chi connectivity index (χ2v) is 0. The van der Waals surface area contributed by atoms with Gasteiger partial charge in [0.1, 0.15) is 0 Å². The van der Waals surface area contributed by atoms with Gasteiger partial charge in [0.2, 0.25) is 0 Å². The van der Waals surface area contributed by atoms with E-state index in [-0.39, 0.29) is 23.5 Å². The molecule has 0 saturated heterocycles. The molecule has 0 radical (unpaired) electrons. The molecule has 0 fully saturated rings. The van der Waals surface area contributed by atoms with Gasteiger partial charge in [-0.1, -0.05) is 13.8 Å². The lowest BCUT2D eigenvalue weighted by Gasteiger charge is -1.10.